The summed E-state index contributed by atoms with van der Waals surface area (Å²) in [5.41, 5.74) is -0.853. The first-order valence-corrected chi connectivity index (χ1v) is 6.86. The van der Waals surface area contributed by atoms with E-state index in [4.69, 9.17) is 14.0 Å². The summed E-state index contributed by atoms with van der Waals surface area (Å²) < 4.78 is 15.9. The zero-order valence-electron chi connectivity index (χ0n) is 11.8. The summed E-state index contributed by atoms with van der Waals surface area (Å²) in [5, 5.41) is 13.3. The Labute approximate surface area is 117 Å². The van der Waals surface area contributed by atoms with Crippen LogP contribution in [0.2, 0.25) is 0 Å². The fourth-order valence-corrected chi connectivity index (χ4v) is 2.28. The summed E-state index contributed by atoms with van der Waals surface area (Å²) in [6.07, 6.45) is 0.929. The van der Waals surface area contributed by atoms with E-state index >= 15 is 0 Å². The Hall–Kier alpha value is -1.47. The van der Waals surface area contributed by atoms with Gasteiger partial charge >= 0.3 is 5.97 Å². The summed E-state index contributed by atoms with van der Waals surface area (Å²) in [4.78, 5) is 15.7. The molecule has 0 aliphatic carbocycles. The fourth-order valence-electron chi connectivity index (χ4n) is 2.28. The van der Waals surface area contributed by atoms with Crippen LogP contribution in [0.1, 0.15) is 44.5 Å². The summed E-state index contributed by atoms with van der Waals surface area (Å²) in [6.45, 7) is 5.16. The van der Waals surface area contributed by atoms with E-state index in [0.717, 1.165) is 0 Å². The van der Waals surface area contributed by atoms with Crippen LogP contribution >= 0.6 is 0 Å². The minimum absolute atomic E-state index is 0.232. The van der Waals surface area contributed by atoms with Crippen molar-refractivity contribution in [2.45, 2.75) is 39.2 Å². The molecule has 1 aromatic rings. The lowest BCUT2D eigenvalue weighted by atomic mass is 9.79. The number of hydrogen-bond donors (Lipinski definition) is 1. The largest absolute Gasteiger partial charge is 0.481 e. The fraction of sp³-hybridized carbons (Fsp3) is 0.769. The number of carbonyl (C=O) groups is 1. The van der Waals surface area contributed by atoms with Gasteiger partial charge in [-0.3, -0.25) is 4.79 Å². The van der Waals surface area contributed by atoms with Crippen LogP contribution in [0.4, 0.5) is 0 Å². The van der Waals surface area contributed by atoms with E-state index in [1.807, 2.05) is 13.8 Å². The highest BCUT2D eigenvalue weighted by molar-refractivity contribution is 5.74. The normalized spacial score (nSPS) is 20.0. The van der Waals surface area contributed by atoms with Gasteiger partial charge in [0.05, 0.1) is 25.2 Å². The van der Waals surface area contributed by atoms with Crippen LogP contribution in [-0.4, -0.2) is 41.0 Å². The first-order valence-electron chi connectivity index (χ1n) is 6.86. The van der Waals surface area contributed by atoms with E-state index in [9.17, 15) is 9.90 Å². The van der Waals surface area contributed by atoms with Crippen molar-refractivity contribution in [3.63, 3.8) is 0 Å². The second kappa shape index (κ2) is 6.32. The molecule has 1 aliphatic heterocycles. The standard InChI is InChI=1S/C13H20N2O5/c1-3-13(4-2,12(16)17)7-10-14-11(15-20-10)9-8-18-5-6-19-9/h9H,3-8H2,1-2H3,(H,16,17). The van der Waals surface area contributed by atoms with Crippen molar-refractivity contribution in [2.75, 3.05) is 19.8 Å². The van der Waals surface area contributed by atoms with Crippen molar-refractivity contribution < 1.29 is 23.9 Å². The lowest BCUT2D eigenvalue weighted by Gasteiger charge is -2.24. The minimum atomic E-state index is -0.853. The molecule has 1 atom stereocenters. The summed E-state index contributed by atoms with van der Waals surface area (Å²) in [5.74, 6) is -0.0778. The zero-order valence-corrected chi connectivity index (χ0v) is 11.8. The van der Waals surface area contributed by atoms with E-state index in [1.165, 1.54) is 0 Å². The van der Waals surface area contributed by atoms with Gasteiger partial charge in [-0.2, -0.15) is 4.98 Å². The van der Waals surface area contributed by atoms with Gasteiger partial charge in [0, 0.05) is 6.42 Å². The number of nitrogens with zero attached hydrogens (tertiary/aromatic N) is 2. The molecule has 0 saturated carbocycles. The van der Waals surface area contributed by atoms with Crippen LogP contribution < -0.4 is 0 Å². The van der Waals surface area contributed by atoms with Crippen molar-refractivity contribution in [2.24, 2.45) is 5.41 Å². The Morgan fingerprint density at radius 1 is 1.40 bits per heavy atom. The maximum Gasteiger partial charge on any atom is 0.310 e. The molecule has 1 saturated heterocycles. The molecule has 20 heavy (non-hydrogen) atoms. The van der Waals surface area contributed by atoms with E-state index < -0.39 is 11.4 Å². The Bertz CT molecular complexity index is 449. The van der Waals surface area contributed by atoms with Gasteiger partial charge in [-0.05, 0) is 12.8 Å². The average Bonchev–Trinajstić information content (AvgIpc) is 2.94. The van der Waals surface area contributed by atoms with Crippen LogP contribution in [0.5, 0.6) is 0 Å². The lowest BCUT2D eigenvalue weighted by Crippen LogP contribution is -2.32. The van der Waals surface area contributed by atoms with Gasteiger partial charge in [0.1, 0.15) is 6.10 Å². The number of carboxylic acids is 1. The molecule has 0 bridgehead atoms. The van der Waals surface area contributed by atoms with Crippen molar-refractivity contribution in [3.8, 4) is 0 Å². The average molecular weight is 284 g/mol. The molecule has 0 amide bonds. The van der Waals surface area contributed by atoms with E-state index in [1.54, 1.807) is 0 Å². The van der Waals surface area contributed by atoms with Crippen LogP contribution in [0.25, 0.3) is 0 Å². The Kier molecular flexibility index (Phi) is 4.72. The molecule has 7 nitrogen and oxygen atoms in total. The smallest absolute Gasteiger partial charge is 0.310 e. The number of aromatic nitrogens is 2. The van der Waals surface area contributed by atoms with Crippen LogP contribution in [-0.2, 0) is 20.7 Å². The van der Waals surface area contributed by atoms with Gasteiger partial charge in [-0.15, -0.1) is 0 Å². The van der Waals surface area contributed by atoms with Crippen molar-refractivity contribution in [1.29, 1.82) is 0 Å². The number of aliphatic carboxylic acids is 1. The molecule has 2 rings (SSSR count). The van der Waals surface area contributed by atoms with Gasteiger partial charge in [0.15, 0.2) is 0 Å². The van der Waals surface area contributed by atoms with Crippen molar-refractivity contribution >= 4 is 5.97 Å². The van der Waals surface area contributed by atoms with E-state index in [2.05, 4.69) is 10.1 Å². The number of rotatable bonds is 6. The Balaban J connectivity index is 2.10. The summed E-state index contributed by atoms with van der Waals surface area (Å²) in [6, 6.07) is 0. The molecule has 2 heterocycles. The van der Waals surface area contributed by atoms with Gasteiger partial charge in [0.25, 0.3) is 0 Å². The summed E-state index contributed by atoms with van der Waals surface area (Å²) >= 11 is 0. The monoisotopic (exact) mass is 284 g/mol. The first-order chi connectivity index (χ1) is 9.61. The highest BCUT2D eigenvalue weighted by atomic mass is 16.6. The molecule has 1 aromatic heterocycles. The third kappa shape index (κ3) is 2.99. The molecule has 1 unspecified atom stereocenters. The molecule has 7 heteroatoms. The molecular weight excluding hydrogens is 264 g/mol. The number of hydrogen-bond acceptors (Lipinski definition) is 6. The molecule has 1 fully saturated rings. The van der Waals surface area contributed by atoms with E-state index in [-0.39, 0.29) is 12.5 Å². The second-order valence-corrected chi connectivity index (χ2v) is 4.95. The number of ether oxygens (including phenoxy) is 2. The van der Waals surface area contributed by atoms with Gasteiger partial charge < -0.3 is 19.1 Å². The van der Waals surface area contributed by atoms with Crippen LogP contribution in [0.3, 0.4) is 0 Å². The Morgan fingerprint density at radius 3 is 2.70 bits per heavy atom. The van der Waals surface area contributed by atoms with Crippen LogP contribution in [0, 0.1) is 5.41 Å². The number of carboxylic acid groups (broad SMARTS) is 1. The topological polar surface area (TPSA) is 94.7 Å². The maximum absolute atomic E-state index is 11.5. The quantitative estimate of drug-likeness (QED) is 0.847. The molecule has 112 valence electrons. The SMILES string of the molecule is CCC(CC)(Cc1nc(C2COCCO2)no1)C(=O)O. The van der Waals surface area contributed by atoms with Gasteiger partial charge in [0.2, 0.25) is 11.7 Å². The molecule has 0 radical (unpaired) electrons. The van der Waals surface area contributed by atoms with Gasteiger partial charge in [-0.25, -0.2) is 0 Å². The highest BCUT2D eigenvalue weighted by Gasteiger charge is 2.37. The summed E-state index contributed by atoms with van der Waals surface area (Å²) in [7, 11) is 0. The minimum Gasteiger partial charge on any atom is -0.481 e. The molecule has 1 aliphatic rings. The van der Waals surface area contributed by atoms with Crippen molar-refractivity contribution in [3.05, 3.63) is 11.7 Å². The third-order valence-electron chi connectivity index (χ3n) is 3.88. The first kappa shape index (κ1) is 14.9. The molecule has 0 spiro atoms. The van der Waals surface area contributed by atoms with Gasteiger partial charge in [-0.1, -0.05) is 19.0 Å². The lowest BCUT2D eigenvalue weighted by molar-refractivity contribution is -0.149. The zero-order chi connectivity index (χ0) is 14.6. The maximum atomic E-state index is 11.5. The third-order valence-corrected chi connectivity index (χ3v) is 3.88. The molecule has 1 N–H and O–H groups in total. The van der Waals surface area contributed by atoms with E-state index in [0.29, 0.717) is 44.4 Å². The van der Waals surface area contributed by atoms with Crippen molar-refractivity contribution in [1.82, 2.24) is 10.1 Å². The molecular formula is C13H20N2O5. The van der Waals surface area contributed by atoms with Crippen LogP contribution in [0.15, 0.2) is 4.52 Å². The second-order valence-electron chi connectivity index (χ2n) is 4.95. The predicted octanol–water partition coefficient (Wildman–Crippen LogP) is 1.59. The molecule has 0 aromatic carbocycles. The highest BCUT2D eigenvalue weighted by Crippen LogP contribution is 2.31. The Morgan fingerprint density at radius 2 is 2.15 bits per heavy atom. The predicted molar refractivity (Wildman–Crippen MR) is 68.2 cm³/mol.